The number of fused-ring (bicyclic) bond motifs is 1. The number of alkyl halides is 3. The molecule has 0 aliphatic carbocycles. The summed E-state index contributed by atoms with van der Waals surface area (Å²) in [7, 11) is 0. The highest BCUT2D eigenvalue weighted by Crippen LogP contribution is 2.29. The van der Waals surface area contributed by atoms with Crippen LogP contribution in [0.4, 0.5) is 18.9 Å². The molecule has 0 saturated carbocycles. The Bertz CT molecular complexity index is 1120. The minimum absolute atomic E-state index is 0.0936. The van der Waals surface area contributed by atoms with Gasteiger partial charge in [-0.3, -0.25) is 4.79 Å². The Morgan fingerprint density at radius 1 is 1.07 bits per heavy atom. The maximum absolute atomic E-state index is 12.6. The SMILES string of the molecule is C[C@H](OC(=O)c1cc2ccccc2oc1=O)C(=O)Nc1ccc(C(F)(F)F)cc1. The van der Waals surface area contributed by atoms with Crippen molar-refractivity contribution in [1.29, 1.82) is 0 Å². The number of carbonyl (C=O) groups is 2. The van der Waals surface area contributed by atoms with Gasteiger partial charge in [0.15, 0.2) is 6.10 Å². The van der Waals surface area contributed by atoms with Crippen LogP contribution in [-0.4, -0.2) is 18.0 Å². The van der Waals surface area contributed by atoms with E-state index < -0.39 is 35.3 Å². The highest BCUT2D eigenvalue weighted by Gasteiger charge is 2.30. The molecule has 1 aromatic heterocycles. The van der Waals surface area contributed by atoms with E-state index in [9.17, 15) is 27.6 Å². The zero-order valence-corrected chi connectivity index (χ0v) is 14.9. The number of carbonyl (C=O) groups excluding carboxylic acids is 2. The van der Waals surface area contributed by atoms with Crippen LogP contribution in [0.3, 0.4) is 0 Å². The largest absolute Gasteiger partial charge is 0.449 e. The average Bonchev–Trinajstić information content (AvgIpc) is 2.67. The van der Waals surface area contributed by atoms with Crippen LogP contribution in [0.1, 0.15) is 22.8 Å². The third-order valence-electron chi connectivity index (χ3n) is 3.99. The standard InChI is InChI=1S/C20H14F3NO5/c1-11(17(25)24-14-8-6-13(7-9-14)20(21,22)23)28-18(26)15-10-12-4-2-3-5-16(12)29-19(15)27/h2-11H,1H3,(H,24,25)/t11-/m0/s1. The second kappa shape index (κ2) is 7.78. The highest BCUT2D eigenvalue weighted by molar-refractivity contribution is 5.98. The number of esters is 1. The molecule has 150 valence electrons. The summed E-state index contributed by atoms with van der Waals surface area (Å²) in [6.45, 7) is 1.26. The Labute approximate surface area is 161 Å². The Morgan fingerprint density at radius 3 is 2.38 bits per heavy atom. The van der Waals surface area contributed by atoms with Gasteiger partial charge in [-0.25, -0.2) is 9.59 Å². The molecule has 3 aromatic rings. The van der Waals surface area contributed by atoms with E-state index in [0.29, 0.717) is 11.0 Å². The predicted octanol–water partition coefficient (Wildman–Crippen LogP) is 4.00. The molecule has 0 aliphatic heterocycles. The number of para-hydroxylation sites is 1. The van der Waals surface area contributed by atoms with E-state index in [1.807, 2.05) is 0 Å². The molecule has 6 nitrogen and oxygen atoms in total. The van der Waals surface area contributed by atoms with Crippen LogP contribution in [0.25, 0.3) is 11.0 Å². The van der Waals surface area contributed by atoms with Crippen molar-refractivity contribution in [2.45, 2.75) is 19.2 Å². The fourth-order valence-corrected chi connectivity index (χ4v) is 2.47. The van der Waals surface area contributed by atoms with Gasteiger partial charge in [0.2, 0.25) is 0 Å². The maximum Gasteiger partial charge on any atom is 0.416 e. The maximum atomic E-state index is 12.6. The van der Waals surface area contributed by atoms with E-state index in [1.165, 1.54) is 13.0 Å². The highest BCUT2D eigenvalue weighted by atomic mass is 19.4. The average molecular weight is 405 g/mol. The van der Waals surface area contributed by atoms with Gasteiger partial charge in [0.05, 0.1) is 5.56 Å². The fourth-order valence-electron chi connectivity index (χ4n) is 2.47. The quantitative estimate of drug-likeness (QED) is 0.524. The summed E-state index contributed by atoms with van der Waals surface area (Å²) in [5.74, 6) is -1.83. The molecule has 1 heterocycles. The molecule has 0 saturated heterocycles. The van der Waals surface area contributed by atoms with Crippen LogP contribution in [0, 0.1) is 0 Å². The molecule has 2 aromatic carbocycles. The lowest BCUT2D eigenvalue weighted by Gasteiger charge is -2.14. The van der Waals surface area contributed by atoms with Crippen LogP contribution >= 0.6 is 0 Å². The Morgan fingerprint density at radius 2 is 1.72 bits per heavy atom. The van der Waals surface area contributed by atoms with Crippen molar-refractivity contribution in [2.24, 2.45) is 0 Å². The van der Waals surface area contributed by atoms with Gasteiger partial charge < -0.3 is 14.5 Å². The number of anilines is 1. The summed E-state index contributed by atoms with van der Waals surface area (Å²) in [6, 6.07) is 11.6. The first kappa shape index (κ1) is 20.1. The second-order valence-corrected chi connectivity index (χ2v) is 6.10. The number of nitrogens with one attached hydrogen (secondary N) is 1. The first-order valence-corrected chi connectivity index (χ1v) is 8.37. The monoisotopic (exact) mass is 405 g/mol. The zero-order valence-electron chi connectivity index (χ0n) is 14.9. The lowest BCUT2D eigenvalue weighted by molar-refractivity contribution is -0.137. The third kappa shape index (κ3) is 4.63. The van der Waals surface area contributed by atoms with Crippen molar-refractivity contribution in [2.75, 3.05) is 5.32 Å². The number of hydrogen-bond donors (Lipinski definition) is 1. The van der Waals surface area contributed by atoms with Crippen molar-refractivity contribution >= 4 is 28.5 Å². The first-order chi connectivity index (χ1) is 13.6. The molecule has 3 rings (SSSR count). The van der Waals surface area contributed by atoms with Gasteiger partial charge in [-0.2, -0.15) is 13.2 Å². The van der Waals surface area contributed by atoms with Gasteiger partial charge in [0.1, 0.15) is 11.1 Å². The molecule has 9 heteroatoms. The lowest BCUT2D eigenvalue weighted by atomic mass is 10.2. The summed E-state index contributed by atoms with van der Waals surface area (Å²) in [4.78, 5) is 36.4. The normalized spacial score (nSPS) is 12.4. The zero-order chi connectivity index (χ0) is 21.2. The number of ether oxygens (including phenoxy) is 1. The minimum Gasteiger partial charge on any atom is -0.449 e. The first-order valence-electron chi connectivity index (χ1n) is 8.37. The van der Waals surface area contributed by atoms with Crippen molar-refractivity contribution in [3.05, 3.63) is 76.1 Å². The number of rotatable bonds is 4. The van der Waals surface area contributed by atoms with E-state index in [2.05, 4.69) is 5.32 Å². The van der Waals surface area contributed by atoms with Crippen LogP contribution < -0.4 is 10.9 Å². The van der Waals surface area contributed by atoms with E-state index in [-0.39, 0.29) is 11.3 Å². The Hall–Kier alpha value is -3.62. The summed E-state index contributed by atoms with van der Waals surface area (Å²) in [5.41, 5.74) is -1.77. The topological polar surface area (TPSA) is 85.6 Å². The lowest BCUT2D eigenvalue weighted by Crippen LogP contribution is -2.31. The Balaban J connectivity index is 1.68. The van der Waals surface area contributed by atoms with Crippen molar-refractivity contribution in [3.8, 4) is 0 Å². The number of amides is 1. The smallest absolute Gasteiger partial charge is 0.416 e. The van der Waals surface area contributed by atoms with E-state index in [4.69, 9.17) is 9.15 Å². The van der Waals surface area contributed by atoms with Gasteiger partial charge in [-0.1, -0.05) is 18.2 Å². The summed E-state index contributed by atoms with van der Waals surface area (Å²) < 4.78 is 47.7. The van der Waals surface area contributed by atoms with Crippen molar-refractivity contribution < 1.29 is 31.9 Å². The van der Waals surface area contributed by atoms with Crippen molar-refractivity contribution in [3.63, 3.8) is 0 Å². The van der Waals surface area contributed by atoms with Gasteiger partial charge >= 0.3 is 17.8 Å². The van der Waals surface area contributed by atoms with Crippen LogP contribution in [0.2, 0.25) is 0 Å². The minimum atomic E-state index is -4.49. The van der Waals surface area contributed by atoms with Gasteiger partial charge in [0, 0.05) is 11.1 Å². The van der Waals surface area contributed by atoms with E-state index in [1.54, 1.807) is 24.3 Å². The number of halogens is 3. The van der Waals surface area contributed by atoms with E-state index in [0.717, 1.165) is 24.3 Å². The Kier molecular flexibility index (Phi) is 5.40. The molecule has 0 unspecified atom stereocenters. The number of benzene rings is 2. The summed E-state index contributed by atoms with van der Waals surface area (Å²) in [5, 5.41) is 2.84. The summed E-state index contributed by atoms with van der Waals surface area (Å²) >= 11 is 0. The molecule has 0 spiro atoms. The molecule has 1 atom stereocenters. The van der Waals surface area contributed by atoms with E-state index >= 15 is 0 Å². The summed E-state index contributed by atoms with van der Waals surface area (Å²) in [6.07, 6.45) is -5.80. The fraction of sp³-hybridized carbons (Fsp3) is 0.150. The number of hydrogen-bond acceptors (Lipinski definition) is 5. The van der Waals surface area contributed by atoms with Gasteiger partial charge in [0.25, 0.3) is 5.91 Å². The molecule has 0 fully saturated rings. The van der Waals surface area contributed by atoms with Crippen LogP contribution in [-0.2, 0) is 15.7 Å². The predicted molar refractivity (Wildman–Crippen MR) is 97.4 cm³/mol. The third-order valence-corrected chi connectivity index (χ3v) is 3.99. The molecule has 0 bridgehead atoms. The molecular weight excluding hydrogens is 391 g/mol. The van der Waals surface area contributed by atoms with Crippen molar-refractivity contribution in [1.82, 2.24) is 0 Å². The molecule has 29 heavy (non-hydrogen) atoms. The molecule has 1 N–H and O–H groups in total. The molecule has 1 amide bonds. The van der Waals surface area contributed by atoms with Gasteiger partial charge in [-0.05, 0) is 43.3 Å². The molecule has 0 aliphatic rings. The van der Waals surface area contributed by atoms with Crippen LogP contribution in [0.15, 0.2) is 63.8 Å². The van der Waals surface area contributed by atoms with Gasteiger partial charge in [-0.15, -0.1) is 0 Å². The molecule has 0 radical (unpaired) electrons. The molecular formula is C20H14F3NO5. The second-order valence-electron chi connectivity index (χ2n) is 6.10. The van der Waals surface area contributed by atoms with Crippen LogP contribution in [0.5, 0.6) is 0 Å².